The van der Waals surface area contributed by atoms with Crippen molar-refractivity contribution in [3.8, 4) is 0 Å². The number of rotatable bonds is 4. The van der Waals surface area contributed by atoms with Gasteiger partial charge in [-0.2, -0.15) is 0 Å². The Morgan fingerprint density at radius 1 is 1.28 bits per heavy atom. The summed E-state index contributed by atoms with van der Waals surface area (Å²) in [6, 6.07) is 6.67. The number of nitrogen functional groups attached to an aromatic ring is 1. The topological polar surface area (TPSA) is 85.8 Å². The fraction of sp³-hybridized carbons (Fsp3) is 0.389. The minimum absolute atomic E-state index is 0.0281. The number of thiazole rings is 1. The summed E-state index contributed by atoms with van der Waals surface area (Å²) in [5.74, 6) is 0.0281. The van der Waals surface area contributed by atoms with E-state index in [2.05, 4.69) is 16.4 Å². The molecule has 7 heteroatoms. The summed E-state index contributed by atoms with van der Waals surface area (Å²) in [7, 11) is 0. The minimum Gasteiger partial charge on any atom is -0.379 e. The van der Waals surface area contributed by atoms with Crippen molar-refractivity contribution in [2.24, 2.45) is 0 Å². The Kier molecular flexibility index (Phi) is 4.40. The summed E-state index contributed by atoms with van der Waals surface area (Å²) >= 11 is 1.68. The van der Waals surface area contributed by atoms with E-state index >= 15 is 0 Å². The number of anilines is 2. The van der Waals surface area contributed by atoms with Crippen LogP contribution in [0.15, 0.2) is 35.4 Å². The van der Waals surface area contributed by atoms with Gasteiger partial charge in [0, 0.05) is 18.4 Å². The number of fused-ring (bicyclic) bond motifs is 1. The van der Waals surface area contributed by atoms with E-state index in [0.29, 0.717) is 12.6 Å². The highest BCUT2D eigenvalue weighted by Crippen LogP contribution is 2.29. The first-order chi connectivity index (χ1) is 12.2. The Bertz CT molecular complexity index is 942. The Morgan fingerprint density at radius 3 is 2.96 bits per heavy atom. The lowest BCUT2D eigenvalue weighted by Crippen LogP contribution is -2.23. The van der Waals surface area contributed by atoms with Crippen LogP contribution in [0.1, 0.15) is 37.7 Å². The fourth-order valence-corrected chi connectivity index (χ4v) is 4.34. The van der Waals surface area contributed by atoms with Crippen LogP contribution in [0.5, 0.6) is 0 Å². The highest BCUT2D eigenvalue weighted by molar-refractivity contribution is 7.22. The molecule has 1 aromatic carbocycles. The maximum atomic E-state index is 12.0. The van der Waals surface area contributed by atoms with Crippen molar-refractivity contribution >= 4 is 32.5 Å². The molecule has 1 fully saturated rings. The maximum absolute atomic E-state index is 12.0. The Morgan fingerprint density at radius 2 is 2.12 bits per heavy atom. The van der Waals surface area contributed by atoms with Crippen LogP contribution in [0.25, 0.3) is 10.2 Å². The number of hydrogen-bond donors (Lipinski definition) is 2. The Labute approximate surface area is 149 Å². The highest BCUT2D eigenvalue weighted by atomic mass is 32.1. The zero-order valence-electron chi connectivity index (χ0n) is 13.9. The van der Waals surface area contributed by atoms with Crippen LogP contribution < -0.4 is 16.6 Å². The normalized spacial score (nSPS) is 15.5. The van der Waals surface area contributed by atoms with Gasteiger partial charge in [0.05, 0.1) is 16.8 Å². The van der Waals surface area contributed by atoms with Crippen LogP contribution in [-0.2, 0) is 6.54 Å². The number of aromatic nitrogens is 3. The molecule has 6 nitrogen and oxygen atoms in total. The molecule has 2 heterocycles. The number of hydrogen-bond acceptors (Lipinski definition) is 6. The van der Waals surface area contributed by atoms with Crippen LogP contribution in [0, 0.1) is 0 Å². The molecule has 0 saturated heterocycles. The third kappa shape index (κ3) is 3.51. The van der Waals surface area contributed by atoms with E-state index in [-0.39, 0.29) is 11.4 Å². The fourth-order valence-electron chi connectivity index (χ4n) is 3.34. The van der Waals surface area contributed by atoms with Gasteiger partial charge in [0.1, 0.15) is 0 Å². The molecule has 4 rings (SSSR count). The molecule has 0 aliphatic heterocycles. The first kappa shape index (κ1) is 16.1. The van der Waals surface area contributed by atoms with E-state index in [1.54, 1.807) is 28.3 Å². The average Bonchev–Trinajstić information content (AvgIpc) is 3.01. The predicted octanol–water partition coefficient (Wildman–Crippen LogP) is 3.23. The molecule has 1 aliphatic carbocycles. The molecular formula is C18H21N5OS. The first-order valence-electron chi connectivity index (χ1n) is 8.66. The molecule has 0 spiro atoms. The van der Waals surface area contributed by atoms with Crippen molar-refractivity contribution in [3.63, 3.8) is 0 Å². The maximum Gasteiger partial charge on any atom is 0.293 e. The minimum atomic E-state index is -0.258. The lowest BCUT2D eigenvalue weighted by Gasteiger charge is -2.22. The molecule has 0 amide bonds. The van der Waals surface area contributed by atoms with E-state index in [1.807, 2.05) is 12.1 Å². The van der Waals surface area contributed by atoms with Gasteiger partial charge in [-0.3, -0.25) is 4.79 Å². The van der Waals surface area contributed by atoms with Crippen molar-refractivity contribution < 1.29 is 0 Å². The molecule has 1 saturated carbocycles. The summed E-state index contributed by atoms with van der Waals surface area (Å²) in [6.07, 6.45) is 9.62. The third-order valence-corrected chi connectivity index (χ3v) is 5.63. The van der Waals surface area contributed by atoms with Crippen molar-refractivity contribution in [1.29, 1.82) is 0 Å². The zero-order chi connectivity index (χ0) is 17.2. The quantitative estimate of drug-likeness (QED) is 0.750. The number of benzene rings is 1. The van der Waals surface area contributed by atoms with Crippen molar-refractivity contribution in [2.75, 3.05) is 11.1 Å². The lowest BCUT2D eigenvalue weighted by atomic mass is 9.96. The van der Waals surface area contributed by atoms with Crippen LogP contribution in [0.4, 0.5) is 10.9 Å². The summed E-state index contributed by atoms with van der Waals surface area (Å²) in [5, 5.41) is 4.57. The smallest absolute Gasteiger partial charge is 0.293 e. The molecule has 1 aliphatic rings. The van der Waals surface area contributed by atoms with Crippen LogP contribution in [0.2, 0.25) is 0 Å². The van der Waals surface area contributed by atoms with Crippen LogP contribution in [0.3, 0.4) is 0 Å². The molecule has 0 radical (unpaired) electrons. The number of nitrogens with zero attached hydrogens (tertiary/aromatic N) is 3. The van der Waals surface area contributed by atoms with Crippen LogP contribution in [-0.4, -0.2) is 20.6 Å². The molecule has 0 atom stereocenters. The van der Waals surface area contributed by atoms with E-state index in [4.69, 9.17) is 10.7 Å². The molecule has 2 aromatic heterocycles. The highest BCUT2D eigenvalue weighted by Gasteiger charge is 2.15. The van der Waals surface area contributed by atoms with Gasteiger partial charge in [-0.15, -0.1) is 0 Å². The first-order valence-corrected chi connectivity index (χ1v) is 9.47. The molecular weight excluding hydrogens is 334 g/mol. The lowest BCUT2D eigenvalue weighted by molar-refractivity contribution is 0.462. The van der Waals surface area contributed by atoms with Crippen LogP contribution >= 0.6 is 11.3 Å². The van der Waals surface area contributed by atoms with Gasteiger partial charge < -0.3 is 15.6 Å². The van der Waals surface area contributed by atoms with Gasteiger partial charge in [0.25, 0.3) is 5.56 Å². The second-order valence-corrected chi connectivity index (χ2v) is 7.58. The van der Waals surface area contributed by atoms with Gasteiger partial charge in [-0.05, 0) is 30.5 Å². The average molecular weight is 355 g/mol. The van der Waals surface area contributed by atoms with Crippen molar-refractivity contribution in [3.05, 3.63) is 46.5 Å². The molecule has 3 aromatic rings. The monoisotopic (exact) mass is 355 g/mol. The van der Waals surface area contributed by atoms with Gasteiger partial charge >= 0.3 is 0 Å². The van der Waals surface area contributed by atoms with E-state index in [0.717, 1.165) is 20.9 Å². The van der Waals surface area contributed by atoms with Gasteiger partial charge in [0.15, 0.2) is 10.9 Å². The predicted molar refractivity (Wildman–Crippen MR) is 102 cm³/mol. The molecule has 0 unspecified atom stereocenters. The van der Waals surface area contributed by atoms with Crippen molar-refractivity contribution in [2.45, 2.75) is 44.7 Å². The second kappa shape index (κ2) is 6.84. The summed E-state index contributed by atoms with van der Waals surface area (Å²) in [6.45, 7) is 0.477. The summed E-state index contributed by atoms with van der Waals surface area (Å²) < 4.78 is 2.71. The standard InChI is InChI=1S/C18H21N5OS/c19-16-17(24)23(9-8-20-16)11-12-6-7-14-15(10-12)25-18(22-14)21-13-4-2-1-3-5-13/h6-10,13H,1-5,11H2,(H2,19,20)(H,21,22). The second-order valence-electron chi connectivity index (χ2n) is 6.55. The largest absolute Gasteiger partial charge is 0.379 e. The molecule has 0 bridgehead atoms. The van der Waals surface area contributed by atoms with E-state index in [9.17, 15) is 4.79 Å². The summed E-state index contributed by atoms with van der Waals surface area (Å²) in [5.41, 5.74) is 7.38. The summed E-state index contributed by atoms with van der Waals surface area (Å²) in [4.78, 5) is 20.5. The van der Waals surface area contributed by atoms with E-state index < -0.39 is 0 Å². The molecule has 25 heavy (non-hydrogen) atoms. The zero-order valence-corrected chi connectivity index (χ0v) is 14.8. The van der Waals surface area contributed by atoms with Gasteiger partial charge in [-0.1, -0.05) is 36.7 Å². The van der Waals surface area contributed by atoms with Gasteiger partial charge in [0.2, 0.25) is 0 Å². The van der Waals surface area contributed by atoms with Gasteiger partial charge in [-0.25, -0.2) is 9.97 Å². The number of nitrogens with two attached hydrogens (primary N) is 1. The third-order valence-electron chi connectivity index (χ3n) is 4.68. The van der Waals surface area contributed by atoms with Crippen molar-refractivity contribution in [1.82, 2.24) is 14.5 Å². The SMILES string of the molecule is Nc1nccn(Cc2ccc3nc(NC4CCCCC4)sc3c2)c1=O. The van der Waals surface area contributed by atoms with E-state index in [1.165, 1.54) is 32.1 Å². The molecule has 130 valence electrons. The Hall–Kier alpha value is -2.41. The Balaban J connectivity index is 1.55. The number of nitrogens with one attached hydrogen (secondary N) is 1. The molecule has 3 N–H and O–H groups in total.